The van der Waals surface area contributed by atoms with Crippen LogP contribution in [0.1, 0.15) is 125 Å². The van der Waals surface area contributed by atoms with Gasteiger partial charge in [0, 0.05) is 17.4 Å². The number of aryl methyl sites for hydroxylation is 1. The molecular weight excluding hydrogens is 558 g/mol. The Bertz CT molecular complexity index is 1500. The van der Waals surface area contributed by atoms with Crippen molar-refractivity contribution in [2.75, 3.05) is 6.54 Å². The minimum absolute atomic E-state index is 0.0686. The van der Waals surface area contributed by atoms with E-state index in [1.807, 2.05) is 0 Å². The van der Waals surface area contributed by atoms with Gasteiger partial charge in [0.15, 0.2) is 5.60 Å². The molecule has 5 heteroatoms. The van der Waals surface area contributed by atoms with Gasteiger partial charge in [0.05, 0.1) is 11.0 Å². The smallest absolute Gasteiger partial charge is 0.339 e. The predicted octanol–water partition coefficient (Wildman–Crippen LogP) is 8.47. The molecule has 0 radical (unpaired) electrons. The number of hydrogen-bond donors (Lipinski definition) is 1. The maximum atomic E-state index is 14.9. The van der Waals surface area contributed by atoms with Crippen LogP contribution in [0.25, 0.3) is 0 Å². The molecule has 3 fully saturated rings. The summed E-state index contributed by atoms with van der Waals surface area (Å²) in [6.45, 7) is 5.19. The van der Waals surface area contributed by atoms with Crippen LogP contribution in [0.2, 0.25) is 0 Å². The zero-order valence-electron chi connectivity index (χ0n) is 27.4. The third-order valence-electron chi connectivity index (χ3n) is 13.7. The fourth-order valence-corrected chi connectivity index (χ4v) is 12.0. The van der Waals surface area contributed by atoms with Gasteiger partial charge in [-0.15, -0.1) is 0 Å². The Kier molecular flexibility index (Phi) is 7.24. The lowest BCUT2D eigenvalue weighted by molar-refractivity contribution is -0.277. The van der Waals surface area contributed by atoms with Crippen LogP contribution in [0.3, 0.4) is 0 Å². The quantitative estimate of drug-likeness (QED) is 0.236. The molecule has 7 aliphatic rings. The summed E-state index contributed by atoms with van der Waals surface area (Å²) in [5.41, 5.74) is 9.20. The maximum absolute atomic E-state index is 14.9. The first-order valence-corrected chi connectivity index (χ1v) is 18.3. The van der Waals surface area contributed by atoms with Crippen LogP contribution in [0.4, 0.5) is 0 Å². The van der Waals surface area contributed by atoms with Crippen LogP contribution < -0.4 is 5.73 Å². The maximum Gasteiger partial charge on any atom is 0.339 e. The Morgan fingerprint density at radius 2 is 1.93 bits per heavy atom. The van der Waals surface area contributed by atoms with Gasteiger partial charge >= 0.3 is 11.9 Å². The minimum atomic E-state index is -0.884. The summed E-state index contributed by atoms with van der Waals surface area (Å²) < 4.78 is 13.5. The van der Waals surface area contributed by atoms with E-state index in [0.29, 0.717) is 24.3 Å². The second kappa shape index (κ2) is 11.0. The second-order valence-electron chi connectivity index (χ2n) is 15.5. The molecule has 2 aliphatic heterocycles. The SMILES string of the molecule is CCC[C@H]1[C@@]23C(=O)O/C(=C\CCC4CCCC4)[C@@]2(CCC2=C3CC[C@H]3[C@H](C)CC=C[C@@H]23)[C@]12OC(=O)c1c(CCCN)cccc12. The van der Waals surface area contributed by atoms with E-state index in [0.717, 1.165) is 99.0 Å². The van der Waals surface area contributed by atoms with E-state index < -0.39 is 16.4 Å². The molecule has 1 saturated heterocycles. The first-order valence-electron chi connectivity index (χ1n) is 18.3. The Morgan fingerprint density at radius 1 is 1.09 bits per heavy atom. The summed E-state index contributed by atoms with van der Waals surface area (Å²) in [6.07, 6.45) is 22.7. The average molecular weight is 610 g/mol. The Morgan fingerprint density at radius 3 is 2.73 bits per heavy atom. The van der Waals surface area contributed by atoms with Crippen LogP contribution >= 0.6 is 0 Å². The van der Waals surface area contributed by atoms with Gasteiger partial charge in [-0.1, -0.05) is 87.4 Å². The molecule has 7 atom stereocenters. The number of rotatable bonds is 8. The number of hydrogen-bond acceptors (Lipinski definition) is 5. The number of nitrogens with two attached hydrogens (primary N) is 1. The summed E-state index contributed by atoms with van der Waals surface area (Å²) in [6, 6.07) is 6.31. The van der Waals surface area contributed by atoms with Crippen molar-refractivity contribution in [3.63, 3.8) is 0 Å². The van der Waals surface area contributed by atoms with E-state index in [9.17, 15) is 9.59 Å². The molecule has 2 heterocycles. The highest BCUT2D eigenvalue weighted by atomic mass is 16.6. The summed E-state index contributed by atoms with van der Waals surface area (Å²) >= 11 is 0. The van der Waals surface area contributed by atoms with Gasteiger partial charge in [-0.2, -0.15) is 0 Å². The van der Waals surface area contributed by atoms with E-state index in [4.69, 9.17) is 15.2 Å². The van der Waals surface area contributed by atoms with Gasteiger partial charge in [-0.05, 0) is 100 Å². The van der Waals surface area contributed by atoms with Crippen molar-refractivity contribution in [1.29, 1.82) is 0 Å². The number of esters is 2. The van der Waals surface area contributed by atoms with Gasteiger partial charge in [0.1, 0.15) is 11.2 Å². The van der Waals surface area contributed by atoms with Crippen molar-refractivity contribution in [2.45, 2.75) is 116 Å². The lowest BCUT2D eigenvalue weighted by Gasteiger charge is -2.71. The highest BCUT2D eigenvalue weighted by Gasteiger charge is 2.92. The van der Waals surface area contributed by atoms with Gasteiger partial charge in [-0.3, -0.25) is 4.79 Å². The van der Waals surface area contributed by atoms with Crippen molar-refractivity contribution in [1.82, 2.24) is 0 Å². The van der Waals surface area contributed by atoms with Crippen molar-refractivity contribution < 1.29 is 19.1 Å². The fraction of sp³-hybridized carbons (Fsp3) is 0.650. The average Bonchev–Trinajstić information content (AvgIpc) is 3.74. The van der Waals surface area contributed by atoms with Gasteiger partial charge < -0.3 is 15.2 Å². The summed E-state index contributed by atoms with van der Waals surface area (Å²) in [4.78, 5) is 29.0. The Hall–Kier alpha value is -2.66. The van der Waals surface area contributed by atoms with Crippen molar-refractivity contribution >= 4 is 11.9 Å². The second-order valence-corrected chi connectivity index (χ2v) is 15.5. The van der Waals surface area contributed by atoms with Crippen molar-refractivity contribution in [3.8, 4) is 0 Å². The monoisotopic (exact) mass is 609 g/mol. The third kappa shape index (κ3) is 3.71. The minimum Gasteiger partial charge on any atom is -0.449 e. The third-order valence-corrected chi connectivity index (χ3v) is 13.7. The molecule has 2 N–H and O–H groups in total. The number of carbonyl (C=O) groups excluding carboxylic acids is 2. The van der Waals surface area contributed by atoms with Crippen molar-refractivity contribution in [3.05, 3.63) is 70.0 Å². The highest BCUT2D eigenvalue weighted by Crippen LogP contribution is 2.87. The predicted molar refractivity (Wildman–Crippen MR) is 175 cm³/mol. The molecule has 1 aromatic rings. The first kappa shape index (κ1) is 29.7. The van der Waals surface area contributed by atoms with Crippen LogP contribution in [-0.2, 0) is 26.3 Å². The lowest BCUT2D eigenvalue weighted by Crippen LogP contribution is -2.77. The van der Waals surface area contributed by atoms with Crippen LogP contribution in [-0.4, -0.2) is 18.5 Å². The number of carbonyl (C=O) groups is 2. The normalized spacial score (nSPS) is 38.9. The zero-order chi connectivity index (χ0) is 31.0. The molecular formula is C40H51NO4. The molecule has 0 aromatic heterocycles. The number of allylic oxidation sites excluding steroid dienone is 4. The van der Waals surface area contributed by atoms with Gasteiger partial charge in [-0.25, -0.2) is 4.79 Å². The first-order chi connectivity index (χ1) is 22.0. The Balaban J connectivity index is 1.33. The zero-order valence-corrected chi connectivity index (χ0v) is 27.4. The summed E-state index contributed by atoms with van der Waals surface area (Å²) in [5, 5.41) is 0. The Labute approximate surface area is 269 Å². The molecule has 2 saturated carbocycles. The number of benzene rings is 1. The van der Waals surface area contributed by atoms with Crippen LogP contribution in [0.5, 0.6) is 0 Å². The van der Waals surface area contributed by atoms with E-state index in [1.165, 1.54) is 36.8 Å². The molecule has 240 valence electrons. The largest absolute Gasteiger partial charge is 0.449 e. The number of fused-ring (bicyclic) bond motifs is 4. The highest BCUT2D eigenvalue weighted by molar-refractivity contribution is 6.00. The van der Waals surface area contributed by atoms with Crippen LogP contribution in [0, 0.1) is 40.4 Å². The molecule has 0 bridgehead atoms. The van der Waals surface area contributed by atoms with E-state index in [-0.39, 0.29) is 17.9 Å². The molecule has 5 aliphatic carbocycles. The molecule has 0 unspecified atom stereocenters. The molecule has 0 amide bonds. The standard InChI is InChI=1S/C40H51NO4/c1-3-10-33-39-31-21-20-28-25(2)11-6-17-29(28)30(31)22-23-38(39,34(44-37(39)43)19-7-14-26-12-4-5-13-26)40(33)32-18-8-15-27(16-9-24-41)35(32)36(42)45-40/h6,8,15,17-19,25-26,28-29,33H,3-5,7,9-14,16,20-24,41H2,1-2H3/b34-19-/t25-,28+,29-,33+,38-,39+,40-/m1/s1. The van der Waals surface area contributed by atoms with Crippen LogP contribution in [0.15, 0.2) is 53.3 Å². The molecule has 1 spiro atoms. The molecule has 45 heavy (non-hydrogen) atoms. The van der Waals surface area contributed by atoms with Gasteiger partial charge in [0.2, 0.25) is 0 Å². The van der Waals surface area contributed by atoms with E-state index in [1.54, 1.807) is 0 Å². The molecule has 1 aromatic carbocycles. The number of ether oxygens (including phenoxy) is 2. The van der Waals surface area contributed by atoms with E-state index >= 15 is 0 Å². The topological polar surface area (TPSA) is 78.6 Å². The molecule has 5 nitrogen and oxygen atoms in total. The van der Waals surface area contributed by atoms with E-state index in [2.05, 4.69) is 50.3 Å². The summed E-state index contributed by atoms with van der Waals surface area (Å²) in [7, 11) is 0. The lowest BCUT2D eigenvalue weighted by atomic mass is 9.28. The fourth-order valence-electron chi connectivity index (χ4n) is 12.0. The van der Waals surface area contributed by atoms with Gasteiger partial charge in [0.25, 0.3) is 0 Å². The van der Waals surface area contributed by atoms with Crippen molar-refractivity contribution in [2.24, 2.45) is 46.2 Å². The summed E-state index contributed by atoms with van der Waals surface area (Å²) in [5.74, 6) is 2.86. The number of cyclic esters (lactones) is 1. The molecule has 8 rings (SSSR count).